The quantitative estimate of drug-likeness (QED) is 0.536. The fourth-order valence-electron chi connectivity index (χ4n) is 3.11. The van der Waals surface area contributed by atoms with Crippen LogP contribution in [-0.4, -0.2) is 18.1 Å². The number of carbonyl (C=O) groups is 1. The Morgan fingerprint density at radius 1 is 1.15 bits per heavy atom. The van der Waals surface area contributed by atoms with Gasteiger partial charge in [0.2, 0.25) is 0 Å². The second-order valence-corrected chi connectivity index (χ2v) is 7.37. The van der Waals surface area contributed by atoms with E-state index in [0.717, 1.165) is 16.6 Å². The summed E-state index contributed by atoms with van der Waals surface area (Å²) in [6.45, 7) is 4.12. The SMILES string of the molecule is COC(=O)c1c(CC(C)C)nc2cc(Cc3ccc(F)cc3)ccc2c1Cl. The van der Waals surface area contributed by atoms with Gasteiger partial charge in [-0.1, -0.05) is 49.7 Å². The van der Waals surface area contributed by atoms with Crippen molar-refractivity contribution in [2.75, 3.05) is 7.11 Å². The normalized spacial score (nSPS) is 11.2. The second kappa shape index (κ2) is 8.05. The molecule has 0 saturated heterocycles. The molecule has 3 nitrogen and oxygen atoms in total. The van der Waals surface area contributed by atoms with Crippen LogP contribution in [0, 0.1) is 11.7 Å². The molecule has 140 valence electrons. The summed E-state index contributed by atoms with van der Waals surface area (Å²) in [5, 5.41) is 1.09. The summed E-state index contributed by atoms with van der Waals surface area (Å²) in [5.41, 5.74) is 3.78. The van der Waals surface area contributed by atoms with Crippen LogP contribution >= 0.6 is 11.6 Å². The molecule has 1 heterocycles. The summed E-state index contributed by atoms with van der Waals surface area (Å²) in [6, 6.07) is 12.2. The number of methoxy groups -OCH3 is 1. The maximum Gasteiger partial charge on any atom is 0.341 e. The van der Waals surface area contributed by atoms with Crippen LogP contribution in [0.15, 0.2) is 42.5 Å². The maximum absolute atomic E-state index is 13.1. The summed E-state index contributed by atoms with van der Waals surface area (Å²) in [4.78, 5) is 17.0. The van der Waals surface area contributed by atoms with Gasteiger partial charge in [-0.05, 0) is 48.1 Å². The smallest absolute Gasteiger partial charge is 0.341 e. The van der Waals surface area contributed by atoms with Crippen LogP contribution in [0.2, 0.25) is 5.02 Å². The molecule has 3 rings (SSSR count). The van der Waals surface area contributed by atoms with Crippen molar-refractivity contribution in [2.24, 2.45) is 5.92 Å². The first kappa shape index (κ1) is 19.3. The van der Waals surface area contributed by atoms with Gasteiger partial charge in [-0.2, -0.15) is 0 Å². The van der Waals surface area contributed by atoms with Gasteiger partial charge in [-0.3, -0.25) is 4.98 Å². The van der Waals surface area contributed by atoms with Crippen molar-refractivity contribution in [3.63, 3.8) is 0 Å². The van der Waals surface area contributed by atoms with E-state index in [2.05, 4.69) is 13.8 Å². The summed E-state index contributed by atoms with van der Waals surface area (Å²) in [5.74, 6) is -0.406. The topological polar surface area (TPSA) is 39.2 Å². The summed E-state index contributed by atoms with van der Waals surface area (Å²) in [6.07, 6.45) is 1.29. The van der Waals surface area contributed by atoms with Crippen molar-refractivity contribution >= 4 is 28.5 Å². The number of pyridine rings is 1. The first-order valence-electron chi connectivity index (χ1n) is 8.82. The van der Waals surface area contributed by atoms with Gasteiger partial charge in [0.25, 0.3) is 0 Å². The first-order valence-corrected chi connectivity index (χ1v) is 9.20. The molecule has 0 spiro atoms. The van der Waals surface area contributed by atoms with Crippen molar-refractivity contribution < 1.29 is 13.9 Å². The Balaban J connectivity index is 2.07. The van der Waals surface area contributed by atoms with Crippen LogP contribution in [0.25, 0.3) is 10.9 Å². The number of hydrogen-bond acceptors (Lipinski definition) is 3. The van der Waals surface area contributed by atoms with Crippen LogP contribution in [0.1, 0.15) is 41.0 Å². The number of carbonyl (C=O) groups excluding carboxylic acids is 1. The molecule has 0 N–H and O–H groups in total. The number of fused-ring (bicyclic) bond motifs is 1. The molecular weight excluding hydrogens is 365 g/mol. The molecule has 0 fully saturated rings. The molecule has 0 aliphatic carbocycles. The highest BCUT2D eigenvalue weighted by Crippen LogP contribution is 2.31. The minimum absolute atomic E-state index is 0.251. The van der Waals surface area contributed by atoms with Gasteiger partial charge in [0, 0.05) is 5.39 Å². The van der Waals surface area contributed by atoms with Crippen molar-refractivity contribution in [3.8, 4) is 0 Å². The average Bonchev–Trinajstić information content (AvgIpc) is 2.62. The molecule has 27 heavy (non-hydrogen) atoms. The van der Waals surface area contributed by atoms with Crippen molar-refractivity contribution in [1.29, 1.82) is 0 Å². The van der Waals surface area contributed by atoms with E-state index in [0.29, 0.717) is 40.4 Å². The van der Waals surface area contributed by atoms with Gasteiger partial charge in [0.15, 0.2) is 0 Å². The first-order chi connectivity index (χ1) is 12.9. The number of benzene rings is 2. The molecule has 5 heteroatoms. The third kappa shape index (κ3) is 4.28. The zero-order chi connectivity index (χ0) is 19.6. The minimum Gasteiger partial charge on any atom is -0.465 e. The fourth-order valence-corrected chi connectivity index (χ4v) is 3.46. The number of nitrogens with zero attached hydrogens (tertiary/aromatic N) is 1. The highest BCUT2D eigenvalue weighted by molar-refractivity contribution is 6.38. The Bertz CT molecular complexity index is 984. The Morgan fingerprint density at radius 3 is 2.44 bits per heavy atom. The van der Waals surface area contributed by atoms with Gasteiger partial charge in [0.05, 0.1) is 23.3 Å². The third-order valence-corrected chi connectivity index (χ3v) is 4.77. The van der Waals surface area contributed by atoms with Crippen LogP contribution in [0.4, 0.5) is 4.39 Å². The summed E-state index contributed by atoms with van der Waals surface area (Å²) >= 11 is 6.55. The molecular formula is C22H21ClFNO2. The van der Waals surface area contributed by atoms with E-state index < -0.39 is 5.97 Å². The Kier molecular flexibility index (Phi) is 5.76. The minimum atomic E-state index is -0.472. The Morgan fingerprint density at radius 2 is 1.81 bits per heavy atom. The Labute approximate surface area is 163 Å². The zero-order valence-electron chi connectivity index (χ0n) is 15.6. The standard InChI is InChI=1S/C22H21ClFNO2/c1-13(2)10-19-20(22(26)27-3)21(23)17-9-6-15(12-18(17)25-19)11-14-4-7-16(24)8-5-14/h4-9,12-13H,10-11H2,1-3H3. The highest BCUT2D eigenvalue weighted by Gasteiger charge is 2.21. The van der Waals surface area contributed by atoms with Gasteiger partial charge in [-0.15, -0.1) is 0 Å². The number of hydrogen-bond donors (Lipinski definition) is 0. The third-order valence-electron chi connectivity index (χ3n) is 4.37. The van der Waals surface area contributed by atoms with E-state index in [4.69, 9.17) is 21.3 Å². The lowest BCUT2D eigenvalue weighted by Gasteiger charge is -2.14. The van der Waals surface area contributed by atoms with Crippen molar-refractivity contribution in [1.82, 2.24) is 4.98 Å². The molecule has 0 unspecified atom stereocenters. The van der Waals surface area contributed by atoms with Crippen LogP contribution in [0.3, 0.4) is 0 Å². The second-order valence-electron chi connectivity index (χ2n) is 6.99. The van der Waals surface area contributed by atoms with Crippen LogP contribution < -0.4 is 0 Å². The molecule has 0 atom stereocenters. The number of aromatic nitrogens is 1. The molecule has 0 radical (unpaired) electrons. The Hall–Kier alpha value is -2.46. The molecule has 0 amide bonds. The average molecular weight is 386 g/mol. The maximum atomic E-state index is 13.1. The number of ether oxygens (including phenoxy) is 1. The van der Waals surface area contributed by atoms with Crippen molar-refractivity contribution in [2.45, 2.75) is 26.7 Å². The molecule has 0 saturated carbocycles. The lowest BCUT2D eigenvalue weighted by Crippen LogP contribution is -2.11. The van der Waals surface area contributed by atoms with E-state index >= 15 is 0 Å². The van der Waals surface area contributed by atoms with Gasteiger partial charge in [-0.25, -0.2) is 9.18 Å². The largest absolute Gasteiger partial charge is 0.465 e. The summed E-state index contributed by atoms with van der Waals surface area (Å²) in [7, 11) is 1.34. The van der Waals surface area contributed by atoms with E-state index in [1.807, 2.05) is 18.2 Å². The fraction of sp³-hybridized carbons (Fsp3) is 0.273. The van der Waals surface area contributed by atoms with E-state index in [1.54, 1.807) is 12.1 Å². The molecule has 0 aliphatic rings. The number of halogens is 2. The molecule has 1 aromatic heterocycles. The zero-order valence-corrected chi connectivity index (χ0v) is 16.3. The lowest BCUT2D eigenvalue weighted by atomic mass is 9.99. The molecule has 3 aromatic rings. The predicted molar refractivity (Wildman–Crippen MR) is 106 cm³/mol. The van der Waals surface area contributed by atoms with E-state index in [-0.39, 0.29) is 5.82 Å². The van der Waals surface area contributed by atoms with Gasteiger partial charge in [0.1, 0.15) is 11.4 Å². The van der Waals surface area contributed by atoms with E-state index in [1.165, 1.54) is 19.2 Å². The highest BCUT2D eigenvalue weighted by atomic mass is 35.5. The van der Waals surface area contributed by atoms with Crippen molar-refractivity contribution in [3.05, 3.63) is 75.7 Å². The van der Waals surface area contributed by atoms with Crippen LogP contribution in [0.5, 0.6) is 0 Å². The van der Waals surface area contributed by atoms with Crippen LogP contribution in [-0.2, 0) is 17.6 Å². The lowest BCUT2D eigenvalue weighted by molar-refractivity contribution is 0.0599. The van der Waals surface area contributed by atoms with E-state index in [9.17, 15) is 9.18 Å². The van der Waals surface area contributed by atoms with Gasteiger partial charge >= 0.3 is 5.97 Å². The summed E-state index contributed by atoms with van der Waals surface area (Å²) < 4.78 is 18.0. The molecule has 2 aromatic carbocycles. The molecule has 0 bridgehead atoms. The molecule has 0 aliphatic heterocycles. The number of rotatable bonds is 5. The van der Waals surface area contributed by atoms with Gasteiger partial charge < -0.3 is 4.74 Å². The monoisotopic (exact) mass is 385 g/mol. The predicted octanol–water partition coefficient (Wildman–Crippen LogP) is 5.60. The number of esters is 1.